The van der Waals surface area contributed by atoms with Crippen LogP contribution in [0.25, 0.3) is 0 Å². The monoisotopic (exact) mass is 291 g/mol. The van der Waals surface area contributed by atoms with Crippen LogP contribution in [-0.2, 0) is 0 Å². The number of nitrogens with one attached hydrogen (secondary N) is 2. The molecule has 20 heavy (non-hydrogen) atoms. The highest BCUT2D eigenvalue weighted by atomic mass is 32.2. The van der Waals surface area contributed by atoms with E-state index in [1.807, 2.05) is 44.6 Å². The Hall–Kier alpha value is -2.06. The molecule has 0 radical (unpaired) electrons. The van der Waals surface area contributed by atoms with Crippen molar-refractivity contribution in [2.45, 2.75) is 4.90 Å². The molecule has 7 nitrogen and oxygen atoms in total. The zero-order chi connectivity index (χ0) is 14.5. The fraction of sp³-hybridized carbons (Fsp3) is 0.250. The maximum absolute atomic E-state index is 5.37. The molecule has 4 N–H and O–H groups in total. The number of rotatable bonds is 5. The van der Waals surface area contributed by atoms with Gasteiger partial charge in [0.05, 0.1) is 0 Å². The molecule has 1 aromatic carbocycles. The molecule has 0 saturated carbocycles. The number of hydrazine groups is 1. The predicted octanol–water partition coefficient (Wildman–Crippen LogP) is 1.69. The number of thioether (sulfide) groups is 1. The van der Waals surface area contributed by atoms with Crippen molar-refractivity contribution in [1.82, 2.24) is 15.0 Å². The van der Waals surface area contributed by atoms with Gasteiger partial charge in [-0.3, -0.25) is 5.43 Å². The number of nitrogen functional groups attached to an aromatic ring is 1. The van der Waals surface area contributed by atoms with Gasteiger partial charge in [-0.05, 0) is 24.5 Å². The van der Waals surface area contributed by atoms with E-state index in [1.54, 1.807) is 16.7 Å². The van der Waals surface area contributed by atoms with Gasteiger partial charge in [-0.15, -0.1) is 11.8 Å². The molecule has 0 unspecified atom stereocenters. The molecule has 106 valence electrons. The largest absolute Gasteiger partial charge is 0.347 e. The van der Waals surface area contributed by atoms with Crippen LogP contribution >= 0.6 is 11.8 Å². The van der Waals surface area contributed by atoms with Crippen molar-refractivity contribution >= 4 is 35.3 Å². The van der Waals surface area contributed by atoms with E-state index in [1.165, 1.54) is 0 Å². The molecule has 1 aromatic heterocycles. The van der Waals surface area contributed by atoms with Crippen molar-refractivity contribution in [1.29, 1.82) is 0 Å². The molecular formula is C12H17N7S. The average molecular weight is 291 g/mol. The highest BCUT2D eigenvalue weighted by Gasteiger charge is 2.07. The molecule has 0 fully saturated rings. The summed E-state index contributed by atoms with van der Waals surface area (Å²) in [4.78, 5) is 15.6. The first-order valence-electron chi connectivity index (χ1n) is 5.93. The Bertz CT molecular complexity index is 588. The van der Waals surface area contributed by atoms with E-state index in [-0.39, 0.29) is 0 Å². The molecule has 2 aromatic rings. The van der Waals surface area contributed by atoms with E-state index in [0.29, 0.717) is 17.8 Å². The summed E-state index contributed by atoms with van der Waals surface area (Å²) in [7, 11) is 3.71. The Kier molecular flexibility index (Phi) is 4.59. The first kappa shape index (κ1) is 14.4. The van der Waals surface area contributed by atoms with Gasteiger partial charge in [0.2, 0.25) is 17.8 Å². The van der Waals surface area contributed by atoms with E-state index in [4.69, 9.17) is 5.84 Å². The third-order valence-electron chi connectivity index (χ3n) is 2.48. The smallest absolute Gasteiger partial charge is 0.243 e. The van der Waals surface area contributed by atoms with Gasteiger partial charge < -0.3 is 10.2 Å². The van der Waals surface area contributed by atoms with Crippen LogP contribution < -0.4 is 21.5 Å². The lowest BCUT2D eigenvalue weighted by atomic mass is 10.3. The van der Waals surface area contributed by atoms with Crippen LogP contribution in [0, 0.1) is 0 Å². The summed E-state index contributed by atoms with van der Waals surface area (Å²) in [6, 6.07) is 8.00. The van der Waals surface area contributed by atoms with Crippen molar-refractivity contribution in [3.8, 4) is 0 Å². The van der Waals surface area contributed by atoms with E-state index < -0.39 is 0 Å². The second kappa shape index (κ2) is 6.40. The number of hydrogen-bond acceptors (Lipinski definition) is 8. The molecule has 0 aliphatic heterocycles. The summed E-state index contributed by atoms with van der Waals surface area (Å²) < 4.78 is 0. The van der Waals surface area contributed by atoms with E-state index >= 15 is 0 Å². The molecule has 8 heteroatoms. The van der Waals surface area contributed by atoms with Gasteiger partial charge in [0, 0.05) is 24.7 Å². The molecule has 0 spiro atoms. The van der Waals surface area contributed by atoms with Gasteiger partial charge in [-0.25, -0.2) is 5.84 Å². The lowest BCUT2D eigenvalue weighted by Gasteiger charge is -2.13. The average Bonchev–Trinajstić information content (AvgIpc) is 2.47. The quantitative estimate of drug-likeness (QED) is 0.435. The maximum Gasteiger partial charge on any atom is 0.243 e. The van der Waals surface area contributed by atoms with E-state index in [0.717, 1.165) is 10.6 Å². The Morgan fingerprint density at radius 3 is 2.55 bits per heavy atom. The van der Waals surface area contributed by atoms with Crippen LogP contribution in [-0.4, -0.2) is 35.3 Å². The Morgan fingerprint density at radius 2 is 1.90 bits per heavy atom. The van der Waals surface area contributed by atoms with Crippen molar-refractivity contribution in [3.05, 3.63) is 24.3 Å². The first-order chi connectivity index (χ1) is 9.62. The number of anilines is 4. The molecule has 0 aliphatic carbocycles. The van der Waals surface area contributed by atoms with Gasteiger partial charge in [-0.1, -0.05) is 6.07 Å². The zero-order valence-corrected chi connectivity index (χ0v) is 12.4. The topological polar surface area (TPSA) is 92.0 Å². The third kappa shape index (κ3) is 3.49. The number of nitrogens with two attached hydrogens (primary N) is 1. The lowest BCUT2D eigenvalue weighted by molar-refractivity contribution is 0.957. The van der Waals surface area contributed by atoms with Crippen LogP contribution in [0.4, 0.5) is 23.5 Å². The zero-order valence-electron chi connectivity index (χ0n) is 11.6. The highest BCUT2D eigenvalue weighted by Crippen LogP contribution is 2.21. The van der Waals surface area contributed by atoms with Gasteiger partial charge in [0.25, 0.3) is 0 Å². The van der Waals surface area contributed by atoms with Gasteiger partial charge >= 0.3 is 0 Å². The normalized spacial score (nSPS) is 10.2. The van der Waals surface area contributed by atoms with Gasteiger partial charge in [0.1, 0.15) is 0 Å². The third-order valence-corrected chi connectivity index (χ3v) is 3.20. The summed E-state index contributed by atoms with van der Waals surface area (Å²) >= 11 is 1.68. The second-order valence-corrected chi connectivity index (χ2v) is 5.06. The molecule has 0 amide bonds. The van der Waals surface area contributed by atoms with Crippen LogP contribution in [0.5, 0.6) is 0 Å². The number of benzene rings is 1. The summed E-state index contributed by atoms with van der Waals surface area (Å²) in [5.41, 5.74) is 3.35. The van der Waals surface area contributed by atoms with Crippen molar-refractivity contribution in [3.63, 3.8) is 0 Å². The summed E-state index contributed by atoms with van der Waals surface area (Å²) in [6.07, 6.45) is 2.03. The SMILES string of the molecule is CSc1cccc(Nc2nc(NN)nc(N(C)C)n2)c1. The minimum atomic E-state index is 0.312. The van der Waals surface area contributed by atoms with Gasteiger partial charge in [-0.2, -0.15) is 15.0 Å². The Balaban J connectivity index is 2.29. The Morgan fingerprint density at radius 1 is 1.15 bits per heavy atom. The molecule has 0 bridgehead atoms. The van der Waals surface area contributed by atoms with Crippen molar-refractivity contribution in [2.75, 3.05) is 36.0 Å². The van der Waals surface area contributed by atoms with Crippen molar-refractivity contribution < 1.29 is 0 Å². The standard InChI is InChI=1S/C12H17N7S/c1-19(2)12-16-10(15-11(17-12)18-13)14-8-5-4-6-9(7-8)20-3/h4-7H,13H2,1-3H3,(H2,14,15,16,17,18). The predicted molar refractivity (Wildman–Crippen MR) is 83.5 cm³/mol. The summed E-state index contributed by atoms with van der Waals surface area (Å²) in [6.45, 7) is 0. The van der Waals surface area contributed by atoms with Crippen LogP contribution in [0.15, 0.2) is 29.2 Å². The maximum atomic E-state index is 5.37. The minimum Gasteiger partial charge on any atom is -0.347 e. The number of hydrogen-bond donors (Lipinski definition) is 3. The Labute approximate surface area is 122 Å². The molecular weight excluding hydrogens is 274 g/mol. The highest BCUT2D eigenvalue weighted by molar-refractivity contribution is 7.98. The summed E-state index contributed by atoms with van der Waals surface area (Å²) in [5.74, 6) is 6.65. The van der Waals surface area contributed by atoms with E-state index in [2.05, 4.69) is 25.7 Å². The van der Waals surface area contributed by atoms with Gasteiger partial charge in [0.15, 0.2) is 0 Å². The molecule has 0 aliphatic rings. The summed E-state index contributed by atoms with van der Waals surface area (Å²) in [5, 5.41) is 3.15. The molecule has 0 saturated heterocycles. The molecule has 1 heterocycles. The number of nitrogens with zero attached hydrogens (tertiary/aromatic N) is 4. The minimum absolute atomic E-state index is 0.312. The molecule has 2 rings (SSSR count). The van der Waals surface area contributed by atoms with E-state index in [9.17, 15) is 0 Å². The van der Waals surface area contributed by atoms with Crippen molar-refractivity contribution in [2.24, 2.45) is 5.84 Å². The van der Waals surface area contributed by atoms with Crippen LogP contribution in [0.3, 0.4) is 0 Å². The van der Waals surface area contributed by atoms with Crippen LogP contribution in [0.2, 0.25) is 0 Å². The molecule has 0 atom stereocenters. The fourth-order valence-corrected chi connectivity index (χ4v) is 1.97. The van der Waals surface area contributed by atoms with Crippen LogP contribution in [0.1, 0.15) is 0 Å². The second-order valence-electron chi connectivity index (χ2n) is 4.18. The lowest BCUT2D eigenvalue weighted by Crippen LogP contribution is -2.18. The number of aromatic nitrogens is 3. The first-order valence-corrected chi connectivity index (χ1v) is 7.16. The fourth-order valence-electron chi connectivity index (χ4n) is 1.52.